The smallest absolute Gasteiger partial charge is 0.292 e. The van der Waals surface area contributed by atoms with E-state index >= 15 is 0 Å². The summed E-state index contributed by atoms with van der Waals surface area (Å²) in [6, 6.07) is 3.06. The van der Waals surface area contributed by atoms with E-state index in [1.807, 2.05) is 6.92 Å². The number of aliphatic hydroxyl groups excluding tert-OH is 1. The first-order chi connectivity index (χ1) is 10.0. The molecule has 21 heavy (non-hydrogen) atoms. The lowest BCUT2D eigenvalue weighted by atomic mass is 10.0. The molecule has 0 aliphatic carbocycles. The van der Waals surface area contributed by atoms with E-state index in [-0.39, 0.29) is 18.1 Å². The first-order valence-corrected chi connectivity index (χ1v) is 7.04. The third kappa shape index (κ3) is 3.69. The van der Waals surface area contributed by atoms with Gasteiger partial charge in [-0.05, 0) is 24.5 Å². The van der Waals surface area contributed by atoms with Crippen molar-refractivity contribution in [2.45, 2.75) is 38.7 Å². The number of benzene rings is 1. The van der Waals surface area contributed by atoms with Crippen LogP contribution in [0.2, 0.25) is 0 Å². The van der Waals surface area contributed by atoms with Gasteiger partial charge in [0.2, 0.25) is 5.91 Å². The predicted molar refractivity (Wildman–Crippen MR) is 79.5 cm³/mol. The van der Waals surface area contributed by atoms with Gasteiger partial charge in [-0.15, -0.1) is 0 Å². The van der Waals surface area contributed by atoms with Gasteiger partial charge in [0.1, 0.15) is 5.69 Å². The number of aryl methyl sites for hydroxylation is 1. The lowest BCUT2D eigenvalue weighted by Crippen LogP contribution is -2.21. The fraction of sp³-hybridized carbons (Fsp3) is 0.500. The molecule has 1 aromatic carbocycles. The quantitative estimate of drug-likeness (QED) is 0.550. The van der Waals surface area contributed by atoms with Gasteiger partial charge in [0.25, 0.3) is 5.69 Å². The second-order valence-electron chi connectivity index (χ2n) is 5.16. The molecule has 0 bridgehead atoms. The molecule has 1 unspecified atom stereocenters. The van der Waals surface area contributed by atoms with Crippen molar-refractivity contribution in [1.29, 1.82) is 0 Å². The number of amides is 1. The van der Waals surface area contributed by atoms with Crippen molar-refractivity contribution in [3.05, 3.63) is 27.8 Å². The van der Waals surface area contributed by atoms with Gasteiger partial charge < -0.3 is 15.7 Å². The third-order valence-corrected chi connectivity index (χ3v) is 3.46. The van der Waals surface area contributed by atoms with Crippen LogP contribution < -0.4 is 10.6 Å². The Kier molecular flexibility index (Phi) is 4.74. The summed E-state index contributed by atoms with van der Waals surface area (Å²) in [4.78, 5) is 22.1. The average Bonchev–Trinajstić information content (AvgIpc) is 2.44. The zero-order chi connectivity index (χ0) is 15.4. The Balaban J connectivity index is 2.23. The summed E-state index contributed by atoms with van der Waals surface area (Å²) in [5.74, 6) is -0.0895. The van der Waals surface area contributed by atoms with Gasteiger partial charge in [-0.3, -0.25) is 14.9 Å². The van der Waals surface area contributed by atoms with Crippen molar-refractivity contribution < 1.29 is 14.8 Å². The van der Waals surface area contributed by atoms with Crippen LogP contribution in [0.4, 0.5) is 17.1 Å². The van der Waals surface area contributed by atoms with Gasteiger partial charge in [-0.2, -0.15) is 0 Å². The molecule has 0 spiro atoms. The summed E-state index contributed by atoms with van der Waals surface area (Å²) in [5, 5.41) is 26.5. The number of nitrogens with one attached hydrogen (secondary N) is 2. The maximum Gasteiger partial charge on any atom is 0.292 e. The molecular weight excluding hydrogens is 274 g/mol. The van der Waals surface area contributed by atoms with Crippen molar-refractivity contribution in [1.82, 2.24) is 0 Å². The summed E-state index contributed by atoms with van der Waals surface area (Å²) in [5.41, 5.74) is 1.65. The number of nitro groups is 1. The molecule has 1 amide bonds. The van der Waals surface area contributed by atoms with Crippen LogP contribution in [0.1, 0.15) is 31.7 Å². The maximum atomic E-state index is 11.4. The highest BCUT2D eigenvalue weighted by molar-refractivity contribution is 5.95. The van der Waals surface area contributed by atoms with E-state index in [1.165, 1.54) is 6.07 Å². The molecule has 2 rings (SSSR count). The Bertz CT molecular complexity index is 559. The minimum atomic E-state index is -0.555. The largest absolute Gasteiger partial charge is 0.391 e. The topological polar surface area (TPSA) is 104 Å². The second kappa shape index (κ2) is 6.53. The van der Waals surface area contributed by atoms with Gasteiger partial charge in [0.15, 0.2) is 0 Å². The molecular formula is C14H19N3O4. The second-order valence-corrected chi connectivity index (χ2v) is 5.16. The number of carbonyl (C=O) groups is 1. The van der Waals surface area contributed by atoms with Gasteiger partial charge in [-0.25, -0.2) is 0 Å². The lowest BCUT2D eigenvalue weighted by Gasteiger charge is -2.19. The average molecular weight is 293 g/mol. The fourth-order valence-corrected chi connectivity index (χ4v) is 2.37. The van der Waals surface area contributed by atoms with Crippen LogP contribution in [-0.2, 0) is 11.2 Å². The summed E-state index contributed by atoms with van der Waals surface area (Å²) < 4.78 is 0. The summed E-state index contributed by atoms with van der Waals surface area (Å²) in [6.07, 6.45) is 1.75. The molecule has 7 nitrogen and oxygen atoms in total. The van der Waals surface area contributed by atoms with E-state index < -0.39 is 11.0 Å². The molecule has 0 radical (unpaired) electrons. The molecule has 1 aliphatic rings. The van der Waals surface area contributed by atoms with E-state index in [9.17, 15) is 20.0 Å². The molecule has 0 aromatic heterocycles. The van der Waals surface area contributed by atoms with Gasteiger partial charge in [0.05, 0.1) is 11.0 Å². The Labute approximate surface area is 122 Å². The minimum absolute atomic E-state index is 0.0337. The molecule has 1 aromatic rings. The Morgan fingerprint density at radius 2 is 2.24 bits per heavy atom. The normalized spacial score (nSPS) is 15.0. The van der Waals surface area contributed by atoms with E-state index in [0.717, 1.165) is 12.0 Å². The molecule has 0 fully saturated rings. The fourth-order valence-electron chi connectivity index (χ4n) is 2.37. The molecule has 1 heterocycles. The van der Waals surface area contributed by atoms with Crippen molar-refractivity contribution in [3.63, 3.8) is 0 Å². The Hall–Kier alpha value is -2.15. The number of hydrogen-bond acceptors (Lipinski definition) is 5. The highest BCUT2D eigenvalue weighted by atomic mass is 16.6. The van der Waals surface area contributed by atoms with Gasteiger partial charge in [-0.1, -0.05) is 13.3 Å². The number of anilines is 2. The molecule has 3 N–H and O–H groups in total. The number of fused-ring (bicyclic) bond motifs is 1. The number of aliphatic hydroxyl groups is 1. The van der Waals surface area contributed by atoms with Crippen LogP contribution in [0.25, 0.3) is 0 Å². The lowest BCUT2D eigenvalue weighted by molar-refractivity contribution is -0.384. The minimum Gasteiger partial charge on any atom is -0.391 e. The van der Waals surface area contributed by atoms with Crippen LogP contribution in [0.3, 0.4) is 0 Å². The van der Waals surface area contributed by atoms with E-state index in [4.69, 9.17) is 0 Å². The Morgan fingerprint density at radius 3 is 2.90 bits per heavy atom. The highest BCUT2D eigenvalue weighted by Gasteiger charge is 2.22. The van der Waals surface area contributed by atoms with Crippen molar-refractivity contribution in [2.24, 2.45) is 0 Å². The Morgan fingerprint density at radius 1 is 1.48 bits per heavy atom. The molecule has 114 valence electrons. The third-order valence-electron chi connectivity index (χ3n) is 3.46. The number of nitro benzene ring substituents is 1. The number of hydrogen-bond donors (Lipinski definition) is 3. The zero-order valence-corrected chi connectivity index (χ0v) is 11.9. The number of nitrogens with zero attached hydrogens (tertiary/aromatic N) is 1. The first-order valence-electron chi connectivity index (χ1n) is 7.04. The highest BCUT2D eigenvalue weighted by Crippen LogP contribution is 2.34. The van der Waals surface area contributed by atoms with Crippen LogP contribution in [0, 0.1) is 10.1 Å². The van der Waals surface area contributed by atoms with Gasteiger partial charge in [0, 0.05) is 24.7 Å². The summed E-state index contributed by atoms with van der Waals surface area (Å²) >= 11 is 0. The van der Waals surface area contributed by atoms with Crippen molar-refractivity contribution in [3.8, 4) is 0 Å². The predicted octanol–water partition coefficient (Wildman–Crippen LogP) is 2.05. The van der Waals surface area contributed by atoms with Crippen LogP contribution in [0.15, 0.2) is 12.1 Å². The van der Waals surface area contributed by atoms with E-state index in [0.29, 0.717) is 30.6 Å². The molecule has 0 saturated heterocycles. The summed E-state index contributed by atoms with van der Waals surface area (Å²) in [6.45, 7) is 2.20. The van der Waals surface area contributed by atoms with Crippen LogP contribution >= 0.6 is 0 Å². The molecule has 1 aliphatic heterocycles. The molecule has 1 atom stereocenters. The number of rotatable bonds is 6. The van der Waals surface area contributed by atoms with E-state index in [2.05, 4.69) is 10.6 Å². The van der Waals surface area contributed by atoms with Crippen molar-refractivity contribution in [2.75, 3.05) is 17.2 Å². The monoisotopic (exact) mass is 293 g/mol. The van der Waals surface area contributed by atoms with Crippen LogP contribution in [-0.4, -0.2) is 28.6 Å². The van der Waals surface area contributed by atoms with Gasteiger partial charge >= 0.3 is 0 Å². The maximum absolute atomic E-state index is 11.4. The zero-order valence-electron chi connectivity index (χ0n) is 11.9. The van der Waals surface area contributed by atoms with Crippen LogP contribution in [0.5, 0.6) is 0 Å². The molecule has 0 saturated carbocycles. The van der Waals surface area contributed by atoms with E-state index in [1.54, 1.807) is 6.07 Å². The summed E-state index contributed by atoms with van der Waals surface area (Å²) in [7, 11) is 0. The standard InChI is InChI=1S/C14H19N3O4/c1-2-3-10(18)8-15-12-7-11-9(4-5-14(19)16-11)6-13(12)17(20)21/h6-7,10,15,18H,2-5,8H2,1H3,(H,16,19). The molecule has 7 heteroatoms. The SMILES string of the molecule is CCCC(O)CNc1cc2c(cc1[N+](=O)[O-])CCC(=O)N2. The van der Waals surface area contributed by atoms with Crippen molar-refractivity contribution >= 4 is 23.0 Å². The number of carbonyl (C=O) groups excluding carboxylic acids is 1. The first kappa shape index (κ1) is 15.2.